The fourth-order valence-electron chi connectivity index (χ4n) is 3.62. The average molecular weight is 393 g/mol. The molecule has 1 amide bonds. The van der Waals surface area contributed by atoms with Crippen molar-refractivity contribution in [1.82, 2.24) is 4.90 Å². The highest BCUT2D eigenvalue weighted by Crippen LogP contribution is 2.47. The second-order valence-corrected chi connectivity index (χ2v) is 8.54. The summed E-state index contributed by atoms with van der Waals surface area (Å²) in [5.41, 5.74) is -0.136. The number of hydrogen-bond acceptors (Lipinski definition) is 6. The third-order valence-corrected chi connectivity index (χ3v) is 5.34. The number of rotatable bonds is 4. The summed E-state index contributed by atoms with van der Waals surface area (Å²) in [6, 6.07) is 5.62. The van der Waals surface area contributed by atoms with Crippen molar-refractivity contribution in [1.29, 1.82) is 0 Å². The molecule has 156 valence electrons. The SMILES string of the molecule is COC(=O)C(=O)N1CC(c2ccc(OC)c(OC(C)(C)C)c2)C(C)(C(C)O)C1. The Hall–Kier alpha value is -2.28. The molecular formula is C21H31NO6. The van der Waals surface area contributed by atoms with Crippen molar-refractivity contribution in [3.63, 3.8) is 0 Å². The number of aliphatic hydroxyl groups is 1. The van der Waals surface area contributed by atoms with Crippen LogP contribution in [0.4, 0.5) is 0 Å². The van der Waals surface area contributed by atoms with E-state index in [-0.39, 0.29) is 12.5 Å². The van der Waals surface area contributed by atoms with E-state index in [9.17, 15) is 14.7 Å². The van der Waals surface area contributed by atoms with Crippen LogP contribution < -0.4 is 9.47 Å². The predicted octanol–water partition coefficient (Wildman–Crippen LogP) is 2.36. The minimum Gasteiger partial charge on any atom is -0.493 e. The summed E-state index contributed by atoms with van der Waals surface area (Å²) < 4.78 is 16.0. The molecule has 1 aromatic carbocycles. The second kappa shape index (κ2) is 7.99. The lowest BCUT2D eigenvalue weighted by atomic mass is 9.72. The highest BCUT2D eigenvalue weighted by atomic mass is 16.5. The largest absolute Gasteiger partial charge is 0.493 e. The Balaban J connectivity index is 2.44. The Morgan fingerprint density at radius 1 is 1.25 bits per heavy atom. The predicted molar refractivity (Wildman–Crippen MR) is 104 cm³/mol. The van der Waals surface area contributed by atoms with Crippen LogP contribution in [0.1, 0.15) is 46.1 Å². The van der Waals surface area contributed by atoms with E-state index < -0.39 is 29.0 Å². The maximum atomic E-state index is 12.3. The maximum absolute atomic E-state index is 12.3. The molecule has 1 aliphatic heterocycles. The molecule has 1 aromatic rings. The molecule has 1 N–H and O–H groups in total. The van der Waals surface area contributed by atoms with E-state index in [1.54, 1.807) is 14.0 Å². The molecule has 1 fully saturated rings. The molecule has 7 heteroatoms. The molecule has 28 heavy (non-hydrogen) atoms. The fraction of sp³-hybridized carbons (Fsp3) is 0.619. The van der Waals surface area contributed by atoms with E-state index in [2.05, 4.69) is 4.74 Å². The topological polar surface area (TPSA) is 85.3 Å². The number of esters is 1. The fourth-order valence-corrected chi connectivity index (χ4v) is 3.62. The monoisotopic (exact) mass is 393 g/mol. The van der Waals surface area contributed by atoms with Crippen LogP contribution in [0.15, 0.2) is 18.2 Å². The van der Waals surface area contributed by atoms with Crippen molar-refractivity contribution >= 4 is 11.9 Å². The van der Waals surface area contributed by atoms with Crippen LogP contribution in [0, 0.1) is 5.41 Å². The summed E-state index contributed by atoms with van der Waals surface area (Å²) in [4.78, 5) is 25.5. The minimum atomic E-state index is -0.903. The van der Waals surface area contributed by atoms with Gasteiger partial charge < -0.3 is 24.2 Å². The van der Waals surface area contributed by atoms with Gasteiger partial charge in [0.1, 0.15) is 5.60 Å². The van der Waals surface area contributed by atoms with Gasteiger partial charge >= 0.3 is 11.9 Å². The highest BCUT2D eigenvalue weighted by Gasteiger charge is 2.49. The van der Waals surface area contributed by atoms with Crippen molar-refractivity contribution in [2.45, 2.75) is 52.2 Å². The van der Waals surface area contributed by atoms with E-state index in [0.717, 1.165) is 5.56 Å². The Morgan fingerprint density at radius 3 is 2.39 bits per heavy atom. The van der Waals surface area contributed by atoms with Crippen molar-refractivity contribution in [3.05, 3.63) is 23.8 Å². The van der Waals surface area contributed by atoms with E-state index in [4.69, 9.17) is 9.47 Å². The van der Waals surface area contributed by atoms with Crippen LogP contribution in [-0.4, -0.2) is 60.9 Å². The number of ether oxygens (including phenoxy) is 3. The van der Waals surface area contributed by atoms with Crippen LogP contribution >= 0.6 is 0 Å². The molecule has 0 aromatic heterocycles. The molecule has 1 heterocycles. The second-order valence-electron chi connectivity index (χ2n) is 8.54. The molecule has 0 aliphatic carbocycles. The van der Waals surface area contributed by atoms with Crippen molar-refractivity contribution in [3.8, 4) is 11.5 Å². The molecule has 0 spiro atoms. The Morgan fingerprint density at radius 2 is 1.89 bits per heavy atom. The van der Waals surface area contributed by atoms with Gasteiger partial charge in [0.25, 0.3) is 0 Å². The van der Waals surface area contributed by atoms with Crippen LogP contribution in [-0.2, 0) is 14.3 Å². The number of carbonyl (C=O) groups excluding carboxylic acids is 2. The number of benzene rings is 1. The van der Waals surface area contributed by atoms with Gasteiger partial charge in [0.2, 0.25) is 0 Å². The zero-order valence-electron chi connectivity index (χ0n) is 17.7. The van der Waals surface area contributed by atoms with Crippen molar-refractivity contribution in [2.75, 3.05) is 27.3 Å². The summed E-state index contributed by atoms with van der Waals surface area (Å²) in [6.07, 6.45) is -0.693. The molecule has 2 rings (SSSR count). The summed E-state index contributed by atoms with van der Waals surface area (Å²) in [6.45, 7) is 10.0. The van der Waals surface area contributed by atoms with E-state index in [1.165, 1.54) is 12.0 Å². The van der Waals surface area contributed by atoms with Gasteiger partial charge in [-0.25, -0.2) is 4.79 Å². The average Bonchev–Trinajstić information content (AvgIpc) is 2.98. The molecule has 1 aliphatic rings. The smallest absolute Gasteiger partial charge is 0.396 e. The van der Waals surface area contributed by atoms with Gasteiger partial charge in [-0.2, -0.15) is 0 Å². The number of likely N-dealkylation sites (tertiary alicyclic amines) is 1. The minimum absolute atomic E-state index is 0.186. The Bertz CT molecular complexity index is 739. The highest BCUT2D eigenvalue weighted by molar-refractivity contribution is 6.32. The first-order chi connectivity index (χ1) is 12.9. The molecule has 0 radical (unpaired) electrons. The molecule has 7 nitrogen and oxygen atoms in total. The van der Waals surface area contributed by atoms with Gasteiger partial charge in [-0.3, -0.25) is 4.79 Å². The van der Waals surface area contributed by atoms with Crippen LogP contribution in [0.25, 0.3) is 0 Å². The van der Waals surface area contributed by atoms with Gasteiger partial charge in [-0.05, 0) is 45.4 Å². The van der Waals surface area contributed by atoms with Crippen LogP contribution in [0.2, 0.25) is 0 Å². The molecule has 0 bridgehead atoms. The van der Waals surface area contributed by atoms with Crippen molar-refractivity contribution < 1.29 is 28.9 Å². The van der Waals surface area contributed by atoms with Gasteiger partial charge in [0.05, 0.1) is 20.3 Å². The first kappa shape index (κ1) is 22.0. The first-order valence-corrected chi connectivity index (χ1v) is 9.35. The Kier molecular flexibility index (Phi) is 6.28. The van der Waals surface area contributed by atoms with E-state index in [0.29, 0.717) is 18.0 Å². The molecular weight excluding hydrogens is 362 g/mol. The molecule has 1 saturated heterocycles. The third kappa shape index (κ3) is 4.41. The number of aliphatic hydroxyl groups excluding tert-OH is 1. The normalized spacial score (nSPS) is 23.3. The van der Waals surface area contributed by atoms with Crippen molar-refractivity contribution in [2.24, 2.45) is 5.41 Å². The first-order valence-electron chi connectivity index (χ1n) is 9.35. The molecule has 3 atom stereocenters. The van der Waals surface area contributed by atoms with Crippen LogP contribution in [0.5, 0.6) is 11.5 Å². The number of hydrogen-bond donors (Lipinski definition) is 1. The standard InChI is InChI=1S/C21H31NO6/c1-13(23)21(5)12-22(18(24)19(25)27-7)11-15(21)14-8-9-16(26-6)17(10-14)28-20(2,3)4/h8-10,13,15,23H,11-12H2,1-7H3. The summed E-state index contributed by atoms with van der Waals surface area (Å²) in [7, 11) is 2.76. The Labute approximate surface area is 166 Å². The van der Waals surface area contributed by atoms with Crippen LogP contribution in [0.3, 0.4) is 0 Å². The summed E-state index contributed by atoms with van der Waals surface area (Å²) in [5.74, 6) is -0.581. The number of methoxy groups -OCH3 is 2. The third-order valence-electron chi connectivity index (χ3n) is 5.34. The van der Waals surface area contributed by atoms with Gasteiger partial charge in [0.15, 0.2) is 11.5 Å². The van der Waals surface area contributed by atoms with E-state index in [1.807, 2.05) is 45.9 Å². The van der Waals surface area contributed by atoms with Gasteiger partial charge in [0, 0.05) is 24.4 Å². The zero-order valence-corrected chi connectivity index (χ0v) is 17.7. The lowest BCUT2D eigenvalue weighted by molar-refractivity contribution is -0.157. The maximum Gasteiger partial charge on any atom is 0.396 e. The number of nitrogens with zero attached hydrogens (tertiary/aromatic N) is 1. The van der Waals surface area contributed by atoms with E-state index >= 15 is 0 Å². The van der Waals surface area contributed by atoms with Gasteiger partial charge in [-0.15, -0.1) is 0 Å². The lowest BCUT2D eigenvalue weighted by Crippen LogP contribution is -2.40. The molecule has 3 unspecified atom stereocenters. The summed E-state index contributed by atoms with van der Waals surface area (Å²) in [5, 5.41) is 10.5. The quantitative estimate of drug-likeness (QED) is 0.624. The summed E-state index contributed by atoms with van der Waals surface area (Å²) >= 11 is 0. The number of amides is 1. The molecule has 0 saturated carbocycles. The van der Waals surface area contributed by atoms with Gasteiger partial charge in [-0.1, -0.05) is 13.0 Å². The lowest BCUT2D eigenvalue weighted by Gasteiger charge is -2.34. The zero-order chi connectivity index (χ0) is 21.3. The number of carbonyl (C=O) groups is 2.